The van der Waals surface area contributed by atoms with Crippen molar-refractivity contribution in [1.82, 2.24) is 14.3 Å². The number of rotatable bonds is 6. The van der Waals surface area contributed by atoms with Crippen molar-refractivity contribution in [2.24, 2.45) is 0 Å². The highest BCUT2D eigenvalue weighted by atomic mass is 32.2. The maximum absolute atomic E-state index is 12.6. The number of pyridine rings is 1. The molecule has 0 saturated carbocycles. The van der Waals surface area contributed by atoms with Gasteiger partial charge in [0.15, 0.2) is 5.78 Å². The van der Waals surface area contributed by atoms with Crippen LogP contribution in [0.15, 0.2) is 47.5 Å². The lowest BCUT2D eigenvalue weighted by Gasteiger charge is -2.15. The van der Waals surface area contributed by atoms with Crippen molar-refractivity contribution in [3.05, 3.63) is 53.2 Å². The zero-order chi connectivity index (χ0) is 21.3. The van der Waals surface area contributed by atoms with Crippen molar-refractivity contribution < 1.29 is 17.9 Å². The summed E-state index contributed by atoms with van der Waals surface area (Å²) < 4.78 is 32.4. The molecule has 1 aliphatic heterocycles. The van der Waals surface area contributed by atoms with Crippen LogP contribution in [0.3, 0.4) is 0 Å². The number of ketones is 1. The minimum atomic E-state index is -3.49. The molecule has 1 fully saturated rings. The van der Waals surface area contributed by atoms with Gasteiger partial charge in [-0.1, -0.05) is 0 Å². The Hall–Kier alpha value is -2.62. The van der Waals surface area contributed by atoms with Crippen LogP contribution in [0.1, 0.15) is 35.1 Å². The van der Waals surface area contributed by atoms with Crippen molar-refractivity contribution in [2.45, 2.75) is 31.6 Å². The number of sulfonamides is 1. The Morgan fingerprint density at radius 3 is 2.37 bits per heavy atom. The first-order chi connectivity index (χ1) is 14.3. The van der Waals surface area contributed by atoms with Crippen LogP contribution < -0.4 is 4.74 Å². The van der Waals surface area contributed by atoms with Crippen molar-refractivity contribution in [3.63, 3.8) is 0 Å². The van der Waals surface area contributed by atoms with Crippen molar-refractivity contribution in [2.75, 3.05) is 13.1 Å². The molecule has 7 nitrogen and oxygen atoms in total. The predicted octanol–water partition coefficient (Wildman–Crippen LogP) is 4.29. The lowest BCUT2D eigenvalue weighted by Crippen LogP contribution is -2.27. The van der Waals surface area contributed by atoms with Gasteiger partial charge in [0.05, 0.1) is 16.8 Å². The predicted molar refractivity (Wildman–Crippen MR) is 115 cm³/mol. The van der Waals surface area contributed by atoms with Crippen LogP contribution in [0.25, 0.3) is 10.6 Å². The van der Waals surface area contributed by atoms with Gasteiger partial charge in [-0.15, -0.1) is 11.3 Å². The third kappa shape index (κ3) is 4.14. The average molecular weight is 444 g/mol. The Labute approximate surface area is 179 Å². The van der Waals surface area contributed by atoms with Gasteiger partial charge < -0.3 is 4.74 Å². The summed E-state index contributed by atoms with van der Waals surface area (Å²) in [5.74, 6) is 0.894. The molecule has 1 aliphatic rings. The highest BCUT2D eigenvalue weighted by Gasteiger charge is 2.27. The summed E-state index contributed by atoms with van der Waals surface area (Å²) in [5.41, 5.74) is 1.62. The fraction of sp³-hybridized carbons (Fsp3) is 0.286. The topological polar surface area (TPSA) is 89.5 Å². The van der Waals surface area contributed by atoms with Crippen molar-refractivity contribution >= 4 is 27.1 Å². The summed E-state index contributed by atoms with van der Waals surface area (Å²) in [5, 5.41) is 0.777. The van der Waals surface area contributed by atoms with E-state index >= 15 is 0 Å². The Kier molecular flexibility index (Phi) is 5.68. The lowest BCUT2D eigenvalue weighted by molar-refractivity contribution is 0.102. The number of carbonyl (C=O) groups is 1. The van der Waals surface area contributed by atoms with Gasteiger partial charge in [-0.05, 0) is 50.1 Å². The zero-order valence-corrected chi connectivity index (χ0v) is 18.3. The minimum absolute atomic E-state index is 0.0115. The molecule has 1 aromatic carbocycles. The normalized spacial score (nSPS) is 14.7. The quantitative estimate of drug-likeness (QED) is 0.528. The molecule has 0 aliphatic carbocycles. The lowest BCUT2D eigenvalue weighted by atomic mass is 10.2. The average Bonchev–Trinajstić information content (AvgIpc) is 3.39. The van der Waals surface area contributed by atoms with Crippen LogP contribution in [-0.2, 0) is 10.0 Å². The summed E-state index contributed by atoms with van der Waals surface area (Å²) in [4.78, 5) is 21.1. The van der Waals surface area contributed by atoms with Crippen molar-refractivity contribution in [3.8, 4) is 22.2 Å². The first-order valence-corrected chi connectivity index (χ1v) is 11.8. The Morgan fingerprint density at radius 2 is 1.80 bits per heavy atom. The third-order valence-corrected chi connectivity index (χ3v) is 8.04. The molecule has 3 heterocycles. The van der Waals surface area contributed by atoms with Gasteiger partial charge in [-0.3, -0.25) is 4.79 Å². The number of nitrogens with zero attached hydrogens (tertiary/aromatic N) is 3. The van der Waals surface area contributed by atoms with Crippen LogP contribution in [0.5, 0.6) is 11.6 Å². The molecule has 0 radical (unpaired) electrons. The first kappa shape index (κ1) is 20.6. The number of aromatic nitrogens is 2. The number of Topliss-reactive ketones (excluding diaryl/α,β-unsaturated/α-hetero) is 1. The molecular formula is C21H21N3O4S2. The van der Waals surface area contributed by atoms with E-state index in [1.165, 1.54) is 34.8 Å². The van der Waals surface area contributed by atoms with E-state index in [4.69, 9.17) is 4.74 Å². The molecule has 1 saturated heterocycles. The van der Waals surface area contributed by atoms with Gasteiger partial charge in [0.1, 0.15) is 15.7 Å². The third-order valence-electron chi connectivity index (χ3n) is 4.85. The standard InChI is InChI=1S/C21H21N3O4S2/c1-14-20(15(2)25)29-21(23-14)16-5-7-17(8-6-16)28-19-10-9-18(13-22-19)30(26,27)24-11-3-4-12-24/h5-10,13H,3-4,11-12H2,1-2H3. The molecule has 0 unspecified atom stereocenters. The summed E-state index contributed by atoms with van der Waals surface area (Å²) in [6.07, 6.45) is 3.11. The van der Waals surface area contributed by atoms with Crippen LogP contribution >= 0.6 is 11.3 Å². The minimum Gasteiger partial charge on any atom is -0.439 e. The zero-order valence-electron chi connectivity index (χ0n) is 16.7. The number of benzene rings is 1. The van der Waals surface area contributed by atoms with Crippen LogP contribution in [0.2, 0.25) is 0 Å². The van der Waals surface area contributed by atoms with Gasteiger partial charge in [0.25, 0.3) is 0 Å². The van der Waals surface area contributed by atoms with E-state index in [0.29, 0.717) is 29.6 Å². The molecule has 9 heteroatoms. The maximum Gasteiger partial charge on any atom is 0.244 e. The molecule has 2 aromatic heterocycles. The molecule has 156 valence electrons. The Bertz CT molecular complexity index is 1160. The second-order valence-electron chi connectivity index (χ2n) is 7.06. The number of hydrogen-bond acceptors (Lipinski definition) is 7. The van der Waals surface area contributed by atoms with E-state index in [9.17, 15) is 13.2 Å². The number of thiazole rings is 1. The first-order valence-electron chi connectivity index (χ1n) is 9.57. The number of aryl methyl sites for hydroxylation is 1. The second-order valence-corrected chi connectivity index (χ2v) is 10.00. The Morgan fingerprint density at radius 1 is 1.10 bits per heavy atom. The van der Waals surface area contributed by atoms with Gasteiger partial charge >= 0.3 is 0 Å². The van der Waals surface area contributed by atoms with E-state index < -0.39 is 10.0 Å². The number of ether oxygens (including phenoxy) is 1. The molecule has 4 rings (SSSR count). The highest BCUT2D eigenvalue weighted by Crippen LogP contribution is 2.30. The molecule has 0 spiro atoms. The van der Waals surface area contributed by atoms with Crippen molar-refractivity contribution in [1.29, 1.82) is 0 Å². The fourth-order valence-electron chi connectivity index (χ4n) is 3.29. The van der Waals surface area contributed by atoms with Gasteiger partial charge in [-0.2, -0.15) is 4.31 Å². The molecule has 0 bridgehead atoms. The molecular weight excluding hydrogens is 422 g/mol. The molecule has 3 aromatic rings. The van der Waals surface area contributed by atoms with Crippen LogP contribution in [0, 0.1) is 6.92 Å². The fourth-order valence-corrected chi connectivity index (χ4v) is 5.72. The number of hydrogen-bond donors (Lipinski definition) is 0. The van der Waals surface area contributed by atoms with Crippen LogP contribution in [-0.4, -0.2) is 41.6 Å². The summed E-state index contributed by atoms with van der Waals surface area (Å²) in [6.45, 7) is 4.47. The van der Waals surface area contributed by atoms with Crippen LogP contribution in [0.4, 0.5) is 0 Å². The van der Waals surface area contributed by atoms with Gasteiger partial charge in [-0.25, -0.2) is 18.4 Å². The summed E-state index contributed by atoms with van der Waals surface area (Å²) in [6, 6.07) is 10.4. The second kappa shape index (κ2) is 8.25. The Balaban J connectivity index is 1.47. The van der Waals surface area contributed by atoms with E-state index in [1.54, 1.807) is 18.2 Å². The highest BCUT2D eigenvalue weighted by molar-refractivity contribution is 7.89. The number of carbonyl (C=O) groups excluding carboxylic acids is 1. The van der Waals surface area contributed by atoms with Gasteiger partial charge in [0.2, 0.25) is 15.9 Å². The van der Waals surface area contributed by atoms with E-state index in [1.807, 2.05) is 19.1 Å². The molecule has 0 N–H and O–H groups in total. The molecule has 0 atom stereocenters. The largest absolute Gasteiger partial charge is 0.439 e. The summed E-state index contributed by atoms with van der Waals surface area (Å²) >= 11 is 1.37. The van der Waals surface area contributed by atoms with E-state index in [-0.39, 0.29) is 10.7 Å². The summed E-state index contributed by atoms with van der Waals surface area (Å²) in [7, 11) is -3.49. The van der Waals surface area contributed by atoms with E-state index in [2.05, 4.69) is 9.97 Å². The van der Waals surface area contributed by atoms with Gasteiger partial charge in [0, 0.05) is 31.6 Å². The monoisotopic (exact) mass is 443 g/mol. The van der Waals surface area contributed by atoms with E-state index in [0.717, 1.165) is 29.1 Å². The molecule has 30 heavy (non-hydrogen) atoms. The SMILES string of the molecule is CC(=O)c1sc(-c2ccc(Oc3ccc(S(=O)(=O)N4CCCC4)cn3)cc2)nc1C. The smallest absolute Gasteiger partial charge is 0.244 e. The maximum atomic E-state index is 12.6. The molecule has 0 amide bonds.